The van der Waals surface area contributed by atoms with Gasteiger partial charge in [0.25, 0.3) is 0 Å². The predicted molar refractivity (Wildman–Crippen MR) is 48.5 cm³/mol. The van der Waals surface area contributed by atoms with Crippen molar-refractivity contribution in [1.82, 2.24) is 4.90 Å². The van der Waals surface area contributed by atoms with E-state index in [1.165, 1.54) is 0 Å². The SMILES string of the molecule is C[C@@H]1CN(C[C@H](O)C(F)(F)F)C[C@@H](C)O1. The molecule has 0 amide bonds. The summed E-state index contributed by atoms with van der Waals surface area (Å²) in [6.45, 7) is 4.10. The van der Waals surface area contributed by atoms with E-state index in [0.717, 1.165) is 0 Å². The van der Waals surface area contributed by atoms with E-state index in [0.29, 0.717) is 13.1 Å². The molecule has 1 saturated heterocycles. The van der Waals surface area contributed by atoms with Crippen LogP contribution in [-0.2, 0) is 4.74 Å². The van der Waals surface area contributed by atoms with E-state index in [9.17, 15) is 13.2 Å². The molecule has 3 nitrogen and oxygen atoms in total. The van der Waals surface area contributed by atoms with Crippen LogP contribution in [0.4, 0.5) is 13.2 Å². The zero-order chi connectivity index (χ0) is 11.6. The van der Waals surface area contributed by atoms with Crippen LogP contribution in [0.3, 0.4) is 0 Å². The molecule has 1 aliphatic heterocycles. The molecule has 0 spiro atoms. The molecule has 1 N–H and O–H groups in total. The van der Waals surface area contributed by atoms with Crippen LogP contribution < -0.4 is 0 Å². The Morgan fingerprint density at radius 3 is 2.20 bits per heavy atom. The first kappa shape index (κ1) is 12.7. The lowest BCUT2D eigenvalue weighted by Crippen LogP contribution is -2.50. The molecule has 0 bridgehead atoms. The number of ether oxygens (including phenoxy) is 1. The first-order valence-corrected chi connectivity index (χ1v) is 4.91. The molecule has 6 heteroatoms. The number of rotatable bonds is 2. The van der Waals surface area contributed by atoms with Gasteiger partial charge in [-0.2, -0.15) is 13.2 Å². The van der Waals surface area contributed by atoms with Crippen molar-refractivity contribution in [3.63, 3.8) is 0 Å². The van der Waals surface area contributed by atoms with Crippen molar-refractivity contribution in [3.05, 3.63) is 0 Å². The molecule has 90 valence electrons. The van der Waals surface area contributed by atoms with E-state index in [-0.39, 0.29) is 18.8 Å². The lowest BCUT2D eigenvalue weighted by atomic mass is 10.2. The third-order valence-corrected chi connectivity index (χ3v) is 2.30. The van der Waals surface area contributed by atoms with Crippen LogP contribution in [0, 0.1) is 0 Å². The fourth-order valence-electron chi connectivity index (χ4n) is 1.78. The van der Waals surface area contributed by atoms with Gasteiger partial charge in [-0.05, 0) is 13.8 Å². The smallest absolute Gasteiger partial charge is 0.382 e. The Morgan fingerprint density at radius 1 is 1.33 bits per heavy atom. The second kappa shape index (κ2) is 4.67. The molecule has 0 radical (unpaired) electrons. The maximum atomic E-state index is 12.1. The van der Waals surface area contributed by atoms with Gasteiger partial charge in [0, 0.05) is 19.6 Å². The molecule has 1 rings (SSSR count). The van der Waals surface area contributed by atoms with Crippen molar-refractivity contribution < 1.29 is 23.0 Å². The van der Waals surface area contributed by atoms with E-state index in [2.05, 4.69) is 0 Å². The van der Waals surface area contributed by atoms with Crippen LogP contribution in [0.15, 0.2) is 0 Å². The van der Waals surface area contributed by atoms with Crippen molar-refractivity contribution in [3.8, 4) is 0 Å². The number of aliphatic hydroxyl groups excluding tert-OH is 1. The van der Waals surface area contributed by atoms with E-state index >= 15 is 0 Å². The second-order valence-electron chi connectivity index (χ2n) is 4.03. The van der Waals surface area contributed by atoms with Crippen molar-refractivity contribution in [2.24, 2.45) is 0 Å². The summed E-state index contributed by atoms with van der Waals surface area (Å²) in [6.07, 6.45) is -6.98. The monoisotopic (exact) mass is 227 g/mol. The Labute approximate surface area is 86.8 Å². The average Bonchev–Trinajstić information content (AvgIpc) is 1.99. The van der Waals surface area contributed by atoms with Crippen molar-refractivity contribution in [2.45, 2.75) is 38.3 Å². The summed E-state index contributed by atoms with van der Waals surface area (Å²) >= 11 is 0. The van der Waals surface area contributed by atoms with Crippen LogP contribution in [0.25, 0.3) is 0 Å². The van der Waals surface area contributed by atoms with Gasteiger partial charge >= 0.3 is 6.18 Å². The van der Waals surface area contributed by atoms with Gasteiger partial charge in [0.1, 0.15) is 0 Å². The van der Waals surface area contributed by atoms with Gasteiger partial charge in [-0.25, -0.2) is 0 Å². The normalized spacial score (nSPS) is 31.6. The standard InChI is InChI=1S/C9H16F3NO2/c1-6-3-13(4-7(2)15-6)5-8(14)9(10,11)12/h6-8,14H,3-5H2,1-2H3/t6-,7-,8+/m1/s1. The minimum atomic E-state index is -4.54. The molecule has 0 aliphatic carbocycles. The van der Waals surface area contributed by atoms with Crippen LogP contribution in [-0.4, -0.2) is 54.1 Å². The molecule has 0 saturated carbocycles. The number of β-amino-alcohol motifs (C(OH)–C–C–N with tert-alkyl or cyclic N) is 1. The molecule has 0 aromatic rings. The van der Waals surface area contributed by atoms with Gasteiger partial charge in [-0.15, -0.1) is 0 Å². The largest absolute Gasteiger partial charge is 0.415 e. The molecule has 0 aromatic heterocycles. The quantitative estimate of drug-likeness (QED) is 0.764. The van der Waals surface area contributed by atoms with Gasteiger partial charge in [-0.3, -0.25) is 4.90 Å². The summed E-state index contributed by atoms with van der Waals surface area (Å²) in [4.78, 5) is 1.58. The van der Waals surface area contributed by atoms with E-state index < -0.39 is 12.3 Å². The first-order chi connectivity index (χ1) is 6.79. The van der Waals surface area contributed by atoms with E-state index in [1.807, 2.05) is 13.8 Å². The minimum absolute atomic E-state index is 0.0887. The maximum absolute atomic E-state index is 12.1. The van der Waals surface area contributed by atoms with Gasteiger partial charge < -0.3 is 9.84 Å². The molecule has 15 heavy (non-hydrogen) atoms. The number of morpholine rings is 1. The molecular weight excluding hydrogens is 211 g/mol. The highest BCUT2D eigenvalue weighted by atomic mass is 19.4. The molecule has 3 atom stereocenters. The van der Waals surface area contributed by atoms with Crippen LogP contribution in [0.2, 0.25) is 0 Å². The number of halogens is 3. The lowest BCUT2D eigenvalue weighted by molar-refractivity contribution is -0.212. The van der Waals surface area contributed by atoms with Crippen molar-refractivity contribution in [2.75, 3.05) is 19.6 Å². The Hall–Kier alpha value is -0.330. The fraction of sp³-hybridized carbons (Fsp3) is 1.00. The average molecular weight is 227 g/mol. The molecular formula is C9H16F3NO2. The summed E-state index contributed by atoms with van der Waals surface area (Å²) in [6, 6.07) is 0. The summed E-state index contributed by atoms with van der Waals surface area (Å²) < 4.78 is 41.7. The third kappa shape index (κ3) is 3.96. The molecule has 0 unspecified atom stereocenters. The van der Waals surface area contributed by atoms with Crippen molar-refractivity contribution in [1.29, 1.82) is 0 Å². The first-order valence-electron chi connectivity index (χ1n) is 4.91. The number of nitrogens with zero attached hydrogens (tertiary/aromatic N) is 1. The van der Waals surface area contributed by atoms with Crippen LogP contribution in [0.5, 0.6) is 0 Å². The Balaban J connectivity index is 2.44. The Morgan fingerprint density at radius 2 is 1.80 bits per heavy atom. The summed E-state index contributed by atoms with van der Waals surface area (Å²) in [5.74, 6) is 0. The van der Waals surface area contributed by atoms with Gasteiger partial charge in [0.2, 0.25) is 0 Å². The number of aliphatic hydroxyl groups is 1. The topological polar surface area (TPSA) is 32.7 Å². The Bertz CT molecular complexity index is 200. The van der Waals surface area contributed by atoms with Crippen LogP contribution >= 0.6 is 0 Å². The van der Waals surface area contributed by atoms with E-state index in [4.69, 9.17) is 9.84 Å². The van der Waals surface area contributed by atoms with Gasteiger partial charge in [-0.1, -0.05) is 0 Å². The summed E-state index contributed by atoms with van der Waals surface area (Å²) in [5.41, 5.74) is 0. The predicted octanol–water partition coefficient (Wildman–Crippen LogP) is 1.02. The molecule has 0 aromatic carbocycles. The molecule has 1 heterocycles. The molecule has 1 aliphatic rings. The fourth-order valence-corrected chi connectivity index (χ4v) is 1.78. The van der Waals surface area contributed by atoms with Gasteiger partial charge in [0.05, 0.1) is 12.2 Å². The third-order valence-electron chi connectivity index (χ3n) is 2.30. The second-order valence-corrected chi connectivity index (χ2v) is 4.03. The highest BCUT2D eigenvalue weighted by Gasteiger charge is 2.40. The van der Waals surface area contributed by atoms with Crippen molar-refractivity contribution >= 4 is 0 Å². The maximum Gasteiger partial charge on any atom is 0.415 e. The number of hydrogen-bond donors (Lipinski definition) is 1. The van der Waals surface area contributed by atoms with Gasteiger partial charge in [0.15, 0.2) is 6.10 Å². The van der Waals surface area contributed by atoms with Crippen LogP contribution in [0.1, 0.15) is 13.8 Å². The lowest BCUT2D eigenvalue weighted by Gasteiger charge is -2.36. The Kier molecular flexibility index (Phi) is 3.97. The summed E-state index contributed by atoms with van der Waals surface area (Å²) in [7, 11) is 0. The van der Waals surface area contributed by atoms with E-state index in [1.54, 1.807) is 4.90 Å². The highest BCUT2D eigenvalue weighted by Crippen LogP contribution is 2.22. The zero-order valence-corrected chi connectivity index (χ0v) is 8.79. The zero-order valence-electron chi connectivity index (χ0n) is 8.79. The number of alkyl halides is 3. The highest BCUT2D eigenvalue weighted by molar-refractivity contribution is 4.77. The number of hydrogen-bond acceptors (Lipinski definition) is 3. The minimum Gasteiger partial charge on any atom is -0.382 e. The molecule has 1 fully saturated rings. The summed E-state index contributed by atoms with van der Waals surface area (Å²) in [5, 5.41) is 8.90.